The maximum absolute atomic E-state index is 14.3. The number of nitrogens with one attached hydrogen (secondary N) is 1. The van der Waals surface area contributed by atoms with Crippen LogP contribution < -0.4 is 5.32 Å². The Kier molecular flexibility index (Phi) is 6.68. The number of ether oxygens (including phenoxy) is 2. The first kappa shape index (κ1) is 24.3. The summed E-state index contributed by atoms with van der Waals surface area (Å²) in [6.07, 6.45) is 3.34. The molecule has 3 aliphatic rings. The van der Waals surface area contributed by atoms with Crippen LogP contribution in [0.15, 0.2) is 24.3 Å². The third-order valence-electron chi connectivity index (χ3n) is 8.01. The minimum absolute atomic E-state index is 0.0247. The van der Waals surface area contributed by atoms with E-state index >= 15 is 0 Å². The van der Waals surface area contributed by atoms with Gasteiger partial charge in [0.2, 0.25) is 5.91 Å². The molecule has 2 fully saturated rings. The minimum atomic E-state index is -0.926. The molecule has 0 aromatic heterocycles. The van der Waals surface area contributed by atoms with Gasteiger partial charge in [0.25, 0.3) is 0 Å². The quantitative estimate of drug-likeness (QED) is 0.637. The number of carbonyl (C=O) groups excluding carboxylic acids is 1. The molecule has 5 nitrogen and oxygen atoms in total. The lowest BCUT2D eigenvalue weighted by Gasteiger charge is -2.43. The van der Waals surface area contributed by atoms with E-state index in [1.807, 2.05) is 4.90 Å². The molecule has 2 heterocycles. The van der Waals surface area contributed by atoms with E-state index in [1.54, 1.807) is 7.11 Å². The number of benzene rings is 2. The second-order valence-electron chi connectivity index (χ2n) is 10.2. The Bertz CT molecular complexity index is 1130. The maximum Gasteiger partial charge on any atom is 0.230 e. The Morgan fingerprint density at radius 2 is 1.97 bits per heavy atom. The molecule has 0 unspecified atom stereocenters. The summed E-state index contributed by atoms with van der Waals surface area (Å²) in [6, 6.07) is 7.06. The molecular weight excluding hydrogens is 450 g/mol. The third-order valence-corrected chi connectivity index (χ3v) is 8.01. The van der Waals surface area contributed by atoms with Gasteiger partial charge >= 0.3 is 0 Å². The van der Waals surface area contributed by atoms with Crippen molar-refractivity contribution in [1.29, 1.82) is 0 Å². The lowest BCUT2D eigenvalue weighted by Crippen LogP contribution is -2.55. The number of carbonyl (C=O) groups is 1. The smallest absolute Gasteiger partial charge is 0.230 e. The highest BCUT2D eigenvalue weighted by Crippen LogP contribution is 2.48. The van der Waals surface area contributed by atoms with Crippen molar-refractivity contribution >= 4 is 5.91 Å². The van der Waals surface area contributed by atoms with Gasteiger partial charge in [-0.3, -0.25) is 4.79 Å². The Morgan fingerprint density at radius 3 is 2.71 bits per heavy atom. The first-order chi connectivity index (χ1) is 16.8. The average Bonchev–Trinajstić information content (AvgIpc) is 3.64. The van der Waals surface area contributed by atoms with Gasteiger partial charge in [0.15, 0.2) is 11.6 Å². The summed E-state index contributed by atoms with van der Waals surface area (Å²) in [7, 11) is 1.70. The molecule has 1 N–H and O–H groups in total. The van der Waals surface area contributed by atoms with Crippen molar-refractivity contribution in [3.8, 4) is 0 Å². The molecule has 1 aliphatic carbocycles. The predicted octanol–water partition coefficient (Wildman–Crippen LogP) is 4.30. The standard InChI is InChI=1S/C28H34F2N2O3/c1-17-10-19(6-9-34-3)11-20(18(17)2)15-32(22-4-5-22)27(33)24-14-31-8-7-28(24)23-13-26(30)25(29)12-21(23)16-35-28/h10-13,22,24,31H,4-9,14-16H2,1-3H3/t24-,28+/m1/s1. The van der Waals surface area contributed by atoms with E-state index in [0.29, 0.717) is 43.8 Å². The monoisotopic (exact) mass is 484 g/mol. The van der Waals surface area contributed by atoms with Crippen LogP contribution in [0.5, 0.6) is 0 Å². The topological polar surface area (TPSA) is 50.8 Å². The van der Waals surface area contributed by atoms with Gasteiger partial charge in [-0.2, -0.15) is 0 Å². The van der Waals surface area contributed by atoms with Gasteiger partial charge in [-0.15, -0.1) is 0 Å². The van der Waals surface area contributed by atoms with Gasteiger partial charge in [0, 0.05) is 26.2 Å². The first-order valence-electron chi connectivity index (χ1n) is 12.6. The van der Waals surface area contributed by atoms with Crippen molar-refractivity contribution < 1.29 is 23.0 Å². The number of rotatable bonds is 7. The zero-order chi connectivity index (χ0) is 24.7. The molecule has 1 saturated carbocycles. The first-order valence-corrected chi connectivity index (χ1v) is 12.6. The number of fused-ring (bicyclic) bond motifs is 2. The van der Waals surface area contributed by atoms with Crippen molar-refractivity contribution in [1.82, 2.24) is 10.2 Å². The van der Waals surface area contributed by atoms with E-state index < -0.39 is 23.2 Å². The Hall–Kier alpha value is -2.35. The molecule has 2 aromatic carbocycles. The van der Waals surface area contributed by atoms with Crippen LogP contribution in [0.25, 0.3) is 0 Å². The highest BCUT2D eigenvalue weighted by molar-refractivity contribution is 5.82. The van der Waals surface area contributed by atoms with Crippen molar-refractivity contribution in [2.24, 2.45) is 5.92 Å². The average molecular weight is 485 g/mol. The van der Waals surface area contributed by atoms with Crippen LogP contribution >= 0.6 is 0 Å². The molecule has 1 amide bonds. The summed E-state index contributed by atoms with van der Waals surface area (Å²) in [5.41, 5.74) is 5.09. The lowest BCUT2D eigenvalue weighted by atomic mass is 9.75. The van der Waals surface area contributed by atoms with Gasteiger partial charge in [-0.05, 0) is 91.6 Å². The second kappa shape index (κ2) is 9.60. The summed E-state index contributed by atoms with van der Waals surface area (Å²) in [5, 5.41) is 3.35. The highest BCUT2D eigenvalue weighted by Gasteiger charge is 2.53. The van der Waals surface area contributed by atoms with E-state index in [0.717, 1.165) is 24.8 Å². The number of aryl methyl sites for hydroxylation is 1. The van der Waals surface area contributed by atoms with Gasteiger partial charge in [-0.1, -0.05) is 12.1 Å². The number of methoxy groups -OCH3 is 1. The van der Waals surface area contributed by atoms with Gasteiger partial charge in [0.1, 0.15) is 5.60 Å². The van der Waals surface area contributed by atoms with Crippen LogP contribution in [-0.2, 0) is 39.4 Å². The summed E-state index contributed by atoms with van der Waals surface area (Å²) >= 11 is 0. The number of hydrogen-bond donors (Lipinski definition) is 1. The molecule has 0 radical (unpaired) electrons. The SMILES string of the molecule is COCCc1cc(C)c(C)c(CN(C(=O)[C@H]2CNCC[C@@]23OCc2cc(F)c(F)cc23)C2CC2)c1. The van der Waals surface area contributed by atoms with Crippen LogP contribution in [0.3, 0.4) is 0 Å². The summed E-state index contributed by atoms with van der Waals surface area (Å²) < 4.78 is 39.7. The van der Waals surface area contributed by atoms with E-state index in [2.05, 4.69) is 31.3 Å². The zero-order valence-electron chi connectivity index (χ0n) is 20.8. The minimum Gasteiger partial charge on any atom is -0.384 e. The molecule has 2 aromatic rings. The summed E-state index contributed by atoms with van der Waals surface area (Å²) in [6.45, 7) is 6.70. The number of hydrogen-bond acceptors (Lipinski definition) is 4. The molecule has 1 saturated heterocycles. The fourth-order valence-electron chi connectivity index (χ4n) is 5.73. The normalized spacial score (nSPS) is 23.5. The number of amides is 1. The van der Waals surface area contributed by atoms with Crippen LogP contribution in [-0.4, -0.2) is 43.7 Å². The largest absolute Gasteiger partial charge is 0.384 e. The fraction of sp³-hybridized carbons (Fsp3) is 0.536. The van der Waals surface area contributed by atoms with Crippen molar-refractivity contribution in [2.45, 2.75) is 64.3 Å². The van der Waals surface area contributed by atoms with Crippen LogP contribution in [0.2, 0.25) is 0 Å². The second-order valence-corrected chi connectivity index (χ2v) is 10.2. The van der Waals surface area contributed by atoms with Crippen molar-refractivity contribution in [2.75, 3.05) is 26.8 Å². The van der Waals surface area contributed by atoms with Gasteiger partial charge < -0.3 is 19.7 Å². The van der Waals surface area contributed by atoms with Crippen LogP contribution in [0, 0.1) is 31.4 Å². The fourth-order valence-corrected chi connectivity index (χ4v) is 5.73. The zero-order valence-corrected chi connectivity index (χ0v) is 20.8. The van der Waals surface area contributed by atoms with Crippen molar-refractivity contribution in [3.05, 3.63) is 69.3 Å². The Morgan fingerprint density at radius 1 is 1.20 bits per heavy atom. The molecule has 188 valence electrons. The molecule has 5 rings (SSSR count). The third kappa shape index (κ3) is 4.50. The number of piperidine rings is 1. The van der Waals surface area contributed by atoms with E-state index in [1.165, 1.54) is 28.8 Å². The van der Waals surface area contributed by atoms with Crippen LogP contribution in [0.1, 0.15) is 52.6 Å². The molecule has 2 aliphatic heterocycles. The lowest BCUT2D eigenvalue weighted by molar-refractivity contribution is -0.157. The predicted molar refractivity (Wildman–Crippen MR) is 129 cm³/mol. The van der Waals surface area contributed by atoms with Crippen LogP contribution in [0.4, 0.5) is 8.78 Å². The molecular formula is C28H34F2N2O3. The van der Waals surface area contributed by atoms with Crippen molar-refractivity contribution in [3.63, 3.8) is 0 Å². The molecule has 1 spiro atoms. The maximum atomic E-state index is 14.3. The van der Waals surface area contributed by atoms with Gasteiger partial charge in [0.05, 0.1) is 19.1 Å². The summed E-state index contributed by atoms with van der Waals surface area (Å²) in [5.74, 6) is -2.24. The molecule has 0 bridgehead atoms. The number of halogens is 2. The summed E-state index contributed by atoms with van der Waals surface area (Å²) in [4.78, 5) is 16.2. The Balaban J connectivity index is 1.47. The molecule has 2 atom stereocenters. The molecule has 7 heteroatoms. The van der Waals surface area contributed by atoms with E-state index in [-0.39, 0.29) is 18.6 Å². The van der Waals surface area contributed by atoms with E-state index in [9.17, 15) is 13.6 Å². The van der Waals surface area contributed by atoms with E-state index in [4.69, 9.17) is 9.47 Å². The highest BCUT2D eigenvalue weighted by atomic mass is 19.2. The number of nitrogens with zero attached hydrogens (tertiary/aromatic N) is 1. The Labute approximate surface area is 205 Å². The van der Waals surface area contributed by atoms with Gasteiger partial charge in [-0.25, -0.2) is 8.78 Å². The molecule has 35 heavy (non-hydrogen) atoms.